The molecular weight excluding hydrogens is 334 g/mol. The van der Waals surface area contributed by atoms with Gasteiger partial charge in [0.1, 0.15) is 5.75 Å². The van der Waals surface area contributed by atoms with E-state index in [9.17, 15) is 4.79 Å². The van der Waals surface area contributed by atoms with Crippen molar-refractivity contribution in [2.24, 2.45) is 5.92 Å². The van der Waals surface area contributed by atoms with Crippen LogP contribution in [-0.4, -0.2) is 19.1 Å². The maximum Gasteiger partial charge on any atom is 0.223 e. The fourth-order valence-corrected chi connectivity index (χ4v) is 3.48. The molecule has 0 radical (unpaired) electrons. The molecule has 1 fully saturated rings. The number of aryl methyl sites for hydroxylation is 1. The number of carbonyl (C=O) groups excluding carboxylic acids is 1. The molecule has 2 aromatic rings. The highest BCUT2D eigenvalue weighted by atomic mass is 35.5. The van der Waals surface area contributed by atoms with Crippen LogP contribution in [0.3, 0.4) is 0 Å². The minimum Gasteiger partial charge on any atom is -0.497 e. The van der Waals surface area contributed by atoms with Crippen LogP contribution in [0.5, 0.6) is 5.75 Å². The van der Waals surface area contributed by atoms with Gasteiger partial charge in [-0.1, -0.05) is 41.9 Å². The molecule has 3 atom stereocenters. The summed E-state index contributed by atoms with van der Waals surface area (Å²) < 4.78 is 5.17. The molecule has 1 aliphatic rings. The summed E-state index contributed by atoms with van der Waals surface area (Å²) in [5, 5.41) is 3.91. The monoisotopic (exact) mass is 357 g/mol. The standard InChI is InChI=1S/C21H24ClNO2/c1-14(7-8-15-9-11-16(25-2)12-10-15)23-21(24)19-13-18(19)17-5-3-4-6-20(17)22/h3-6,9-12,14,18-19H,7-8,13H2,1-2H3,(H,23,24). The quantitative estimate of drug-likeness (QED) is 0.787. The molecule has 0 saturated heterocycles. The second-order valence-electron chi connectivity index (χ2n) is 6.77. The molecule has 0 spiro atoms. The van der Waals surface area contributed by atoms with E-state index in [0.29, 0.717) is 0 Å². The average molecular weight is 358 g/mol. The van der Waals surface area contributed by atoms with Gasteiger partial charge in [0.05, 0.1) is 7.11 Å². The van der Waals surface area contributed by atoms with Gasteiger partial charge >= 0.3 is 0 Å². The van der Waals surface area contributed by atoms with Gasteiger partial charge in [0.25, 0.3) is 0 Å². The van der Waals surface area contributed by atoms with Crippen LogP contribution < -0.4 is 10.1 Å². The molecule has 2 aromatic carbocycles. The number of benzene rings is 2. The number of halogens is 1. The Balaban J connectivity index is 1.46. The average Bonchev–Trinajstić information content (AvgIpc) is 3.41. The van der Waals surface area contributed by atoms with Crippen LogP contribution in [0, 0.1) is 5.92 Å². The first kappa shape index (κ1) is 17.8. The van der Waals surface area contributed by atoms with E-state index in [4.69, 9.17) is 16.3 Å². The number of hydrogen-bond acceptors (Lipinski definition) is 2. The maximum atomic E-state index is 12.4. The molecular formula is C21H24ClNO2. The van der Waals surface area contributed by atoms with Crippen molar-refractivity contribution in [2.45, 2.75) is 38.1 Å². The molecule has 1 saturated carbocycles. The van der Waals surface area contributed by atoms with Crippen molar-refractivity contribution in [2.75, 3.05) is 7.11 Å². The smallest absolute Gasteiger partial charge is 0.223 e. The zero-order chi connectivity index (χ0) is 17.8. The normalized spacial score (nSPS) is 20.0. The number of carbonyl (C=O) groups is 1. The topological polar surface area (TPSA) is 38.3 Å². The molecule has 3 nitrogen and oxygen atoms in total. The molecule has 0 heterocycles. The minimum atomic E-state index is 0.0586. The van der Waals surface area contributed by atoms with E-state index in [1.54, 1.807) is 7.11 Å². The molecule has 25 heavy (non-hydrogen) atoms. The highest BCUT2D eigenvalue weighted by Gasteiger charge is 2.44. The molecule has 0 aromatic heterocycles. The lowest BCUT2D eigenvalue weighted by Crippen LogP contribution is -2.34. The Morgan fingerprint density at radius 3 is 2.64 bits per heavy atom. The second kappa shape index (κ2) is 7.92. The van der Waals surface area contributed by atoms with E-state index >= 15 is 0 Å². The number of nitrogens with one attached hydrogen (secondary N) is 1. The predicted octanol–water partition coefficient (Wildman–Crippen LogP) is 4.59. The second-order valence-corrected chi connectivity index (χ2v) is 7.17. The van der Waals surface area contributed by atoms with Gasteiger partial charge in [0.2, 0.25) is 5.91 Å². The van der Waals surface area contributed by atoms with Crippen molar-refractivity contribution in [3.8, 4) is 5.75 Å². The van der Waals surface area contributed by atoms with Gasteiger partial charge in [0.15, 0.2) is 0 Å². The first-order chi connectivity index (χ1) is 12.1. The van der Waals surface area contributed by atoms with Crippen LogP contribution in [0.1, 0.15) is 36.8 Å². The molecule has 4 heteroatoms. The Bertz CT molecular complexity index is 729. The number of amides is 1. The van der Waals surface area contributed by atoms with Crippen molar-refractivity contribution >= 4 is 17.5 Å². The number of methoxy groups -OCH3 is 1. The van der Waals surface area contributed by atoms with Crippen molar-refractivity contribution in [1.82, 2.24) is 5.32 Å². The Morgan fingerprint density at radius 2 is 1.96 bits per heavy atom. The molecule has 3 rings (SSSR count). The van der Waals surface area contributed by atoms with Gasteiger partial charge in [-0.25, -0.2) is 0 Å². The summed E-state index contributed by atoms with van der Waals surface area (Å²) in [6.07, 6.45) is 2.74. The number of rotatable bonds is 7. The lowest BCUT2D eigenvalue weighted by molar-refractivity contribution is -0.123. The highest BCUT2D eigenvalue weighted by molar-refractivity contribution is 6.31. The van der Waals surface area contributed by atoms with Crippen LogP contribution in [0.15, 0.2) is 48.5 Å². The van der Waals surface area contributed by atoms with E-state index in [-0.39, 0.29) is 23.8 Å². The van der Waals surface area contributed by atoms with Crippen LogP contribution >= 0.6 is 11.6 Å². The maximum absolute atomic E-state index is 12.4. The molecule has 1 amide bonds. The third-order valence-corrected chi connectivity index (χ3v) is 5.19. The Kier molecular flexibility index (Phi) is 5.64. The van der Waals surface area contributed by atoms with Crippen molar-refractivity contribution in [3.63, 3.8) is 0 Å². The fraction of sp³-hybridized carbons (Fsp3) is 0.381. The lowest BCUT2D eigenvalue weighted by Gasteiger charge is -2.14. The van der Waals surface area contributed by atoms with E-state index in [1.165, 1.54) is 5.56 Å². The third-order valence-electron chi connectivity index (χ3n) is 4.85. The third kappa shape index (κ3) is 4.55. The van der Waals surface area contributed by atoms with Gasteiger partial charge < -0.3 is 10.1 Å². The zero-order valence-electron chi connectivity index (χ0n) is 14.7. The first-order valence-corrected chi connectivity index (χ1v) is 9.14. The Morgan fingerprint density at radius 1 is 1.24 bits per heavy atom. The molecule has 0 bridgehead atoms. The predicted molar refractivity (Wildman–Crippen MR) is 101 cm³/mol. The summed E-state index contributed by atoms with van der Waals surface area (Å²) in [4.78, 5) is 12.4. The van der Waals surface area contributed by atoms with Crippen LogP contribution in [-0.2, 0) is 11.2 Å². The van der Waals surface area contributed by atoms with Crippen LogP contribution in [0.2, 0.25) is 5.02 Å². The van der Waals surface area contributed by atoms with Crippen LogP contribution in [0.25, 0.3) is 0 Å². The van der Waals surface area contributed by atoms with Crippen molar-refractivity contribution in [1.29, 1.82) is 0 Å². The van der Waals surface area contributed by atoms with E-state index in [1.807, 2.05) is 36.4 Å². The lowest BCUT2D eigenvalue weighted by atomic mass is 10.1. The Hall–Kier alpha value is -2.00. The largest absolute Gasteiger partial charge is 0.497 e. The Labute approximate surface area is 154 Å². The summed E-state index contributed by atoms with van der Waals surface area (Å²) in [5.41, 5.74) is 2.34. The van der Waals surface area contributed by atoms with Gasteiger partial charge in [-0.15, -0.1) is 0 Å². The van der Waals surface area contributed by atoms with E-state index < -0.39 is 0 Å². The van der Waals surface area contributed by atoms with Crippen LogP contribution in [0.4, 0.5) is 0 Å². The van der Waals surface area contributed by atoms with Crippen molar-refractivity contribution in [3.05, 3.63) is 64.7 Å². The summed E-state index contributed by atoms with van der Waals surface area (Å²) in [6.45, 7) is 2.06. The van der Waals surface area contributed by atoms with Gasteiger partial charge in [0, 0.05) is 17.0 Å². The highest BCUT2D eigenvalue weighted by Crippen LogP contribution is 2.49. The minimum absolute atomic E-state index is 0.0586. The zero-order valence-corrected chi connectivity index (χ0v) is 15.4. The van der Waals surface area contributed by atoms with Crippen molar-refractivity contribution < 1.29 is 9.53 Å². The van der Waals surface area contributed by atoms with Gasteiger partial charge in [-0.05, 0) is 61.4 Å². The molecule has 0 aliphatic heterocycles. The number of ether oxygens (including phenoxy) is 1. The SMILES string of the molecule is COc1ccc(CCC(C)NC(=O)C2CC2c2ccccc2Cl)cc1. The fourth-order valence-electron chi connectivity index (χ4n) is 3.20. The number of hydrogen-bond donors (Lipinski definition) is 1. The molecule has 1 aliphatic carbocycles. The van der Waals surface area contributed by atoms with E-state index in [2.05, 4.69) is 24.4 Å². The summed E-state index contributed by atoms with van der Waals surface area (Å²) in [7, 11) is 1.67. The summed E-state index contributed by atoms with van der Waals surface area (Å²) >= 11 is 6.23. The van der Waals surface area contributed by atoms with Gasteiger partial charge in [-0.3, -0.25) is 4.79 Å². The summed E-state index contributed by atoms with van der Waals surface area (Å²) in [5.74, 6) is 1.34. The van der Waals surface area contributed by atoms with Gasteiger partial charge in [-0.2, -0.15) is 0 Å². The van der Waals surface area contributed by atoms with E-state index in [0.717, 1.165) is 35.6 Å². The molecule has 3 unspecified atom stereocenters. The molecule has 132 valence electrons. The first-order valence-electron chi connectivity index (χ1n) is 8.76. The molecule has 1 N–H and O–H groups in total. The summed E-state index contributed by atoms with van der Waals surface area (Å²) in [6, 6.07) is 16.0.